The highest BCUT2D eigenvalue weighted by atomic mass is 16.3. The van der Waals surface area contributed by atoms with Gasteiger partial charge < -0.3 is 10.4 Å². The van der Waals surface area contributed by atoms with Crippen LogP contribution in [0.4, 0.5) is 0 Å². The van der Waals surface area contributed by atoms with Gasteiger partial charge in [0, 0.05) is 13.1 Å². The molecule has 112 valence electrons. The van der Waals surface area contributed by atoms with Gasteiger partial charge in [0.2, 0.25) is 5.91 Å². The van der Waals surface area contributed by atoms with Crippen LogP contribution >= 0.6 is 0 Å². The minimum Gasteiger partial charge on any atom is -0.393 e. The number of benzene rings is 1. The van der Waals surface area contributed by atoms with E-state index in [1.165, 1.54) is 5.56 Å². The maximum Gasteiger partial charge on any atom is 0.237 e. The highest BCUT2D eigenvalue weighted by Crippen LogP contribution is 2.04. The van der Waals surface area contributed by atoms with Gasteiger partial charge in [-0.3, -0.25) is 9.69 Å². The summed E-state index contributed by atoms with van der Waals surface area (Å²) in [6.07, 6.45) is 0.340. The largest absolute Gasteiger partial charge is 0.393 e. The molecule has 1 rings (SSSR count). The number of likely N-dealkylation sites (N-methyl/N-ethyl adjacent to an activating group) is 1. The standard InChI is InChI=1S/C16H26N2O2/c1-12-5-7-15(8-6-12)11-17-16(20)14(3)18(4)10-9-13(2)19/h5-8,13-14,19H,9-11H2,1-4H3,(H,17,20). The number of carbonyl (C=O) groups excluding carboxylic acids is 1. The second kappa shape index (κ2) is 8.02. The Morgan fingerprint density at radius 3 is 2.45 bits per heavy atom. The van der Waals surface area contributed by atoms with Gasteiger partial charge in [0.25, 0.3) is 0 Å². The van der Waals surface area contributed by atoms with E-state index in [0.717, 1.165) is 5.56 Å². The van der Waals surface area contributed by atoms with Crippen LogP contribution in [0.1, 0.15) is 31.4 Å². The van der Waals surface area contributed by atoms with Crippen LogP contribution in [0.5, 0.6) is 0 Å². The molecule has 1 aromatic carbocycles. The van der Waals surface area contributed by atoms with Crippen LogP contribution in [0.25, 0.3) is 0 Å². The van der Waals surface area contributed by atoms with Crippen molar-refractivity contribution in [1.82, 2.24) is 10.2 Å². The highest BCUT2D eigenvalue weighted by molar-refractivity contribution is 5.81. The van der Waals surface area contributed by atoms with Crippen molar-refractivity contribution in [3.05, 3.63) is 35.4 Å². The predicted octanol–water partition coefficient (Wildman–Crippen LogP) is 1.70. The number of aliphatic hydroxyl groups excluding tert-OH is 1. The minimum atomic E-state index is -0.333. The van der Waals surface area contributed by atoms with Crippen molar-refractivity contribution < 1.29 is 9.90 Å². The third-order valence-electron chi connectivity index (χ3n) is 3.53. The third kappa shape index (κ3) is 5.72. The second-order valence-electron chi connectivity index (χ2n) is 5.50. The Kier molecular flexibility index (Phi) is 6.68. The number of carbonyl (C=O) groups is 1. The summed E-state index contributed by atoms with van der Waals surface area (Å²) in [5, 5.41) is 12.2. The lowest BCUT2D eigenvalue weighted by Gasteiger charge is -2.24. The van der Waals surface area contributed by atoms with E-state index in [1.807, 2.05) is 50.1 Å². The van der Waals surface area contributed by atoms with Crippen molar-refractivity contribution in [1.29, 1.82) is 0 Å². The zero-order valence-electron chi connectivity index (χ0n) is 12.9. The molecule has 0 aliphatic carbocycles. The van der Waals surface area contributed by atoms with Gasteiger partial charge in [0.05, 0.1) is 12.1 Å². The predicted molar refractivity (Wildman–Crippen MR) is 81.4 cm³/mol. The quantitative estimate of drug-likeness (QED) is 0.798. The molecular weight excluding hydrogens is 252 g/mol. The molecule has 2 atom stereocenters. The molecule has 2 N–H and O–H groups in total. The molecule has 20 heavy (non-hydrogen) atoms. The Labute approximate surface area is 121 Å². The first-order chi connectivity index (χ1) is 9.40. The Morgan fingerprint density at radius 1 is 1.30 bits per heavy atom. The minimum absolute atomic E-state index is 0.0127. The summed E-state index contributed by atoms with van der Waals surface area (Å²) in [5.74, 6) is 0.0127. The number of rotatable bonds is 7. The van der Waals surface area contributed by atoms with Gasteiger partial charge in [-0.1, -0.05) is 29.8 Å². The zero-order valence-corrected chi connectivity index (χ0v) is 12.9. The average Bonchev–Trinajstić information content (AvgIpc) is 2.42. The fourth-order valence-corrected chi connectivity index (χ4v) is 1.83. The molecule has 0 saturated carbocycles. The molecule has 1 amide bonds. The summed E-state index contributed by atoms with van der Waals surface area (Å²) in [4.78, 5) is 14.0. The molecule has 2 unspecified atom stereocenters. The summed E-state index contributed by atoms with van der Waals surface area (Å²) >= 11 is 0. The summed E-state index contributed by atoms with van der Waals surface area (Å²) < 4.78 is 0. The topological polar surface area (TPSA) is 52.6 Å². The molecule has 4 heteroatoms. The monoisotopic (exact) mass is 278 g/mol. The number of hydrogen-bond acceptors (Lipinski definition) is 3. The molecule has 0 aliphatic rings. The van der Waals surface area contributed by atoms with Gasteiger partial charge in [0.1, 0.15) is 0 Å². The summed E-state index contributed by atoms with van der Waals surface area (Å²) in [5.41, 5.74) is 2.31. The number of hydrogen-bond donors (Lipinski definition) is 2. The van der Waals surface area contributed by atoms with Crippen LogP contribution in [0, 0.1) is 6.92 Å². The molecule has 0 aromatic heterocycles. The van der Waals surface area contributed by atoms with Gasteiger partial charge in [0.15, 0.2) is 0 Å². The third-order valence-corrected chi connectivity index (χ3v) is 3.53. The molecule has 0 saturated heterocycles. The maximum atomic E-state index is 12.1. The van der Waals surface area contributed by atoms with Gasteiger partial charge in [-0.2, -0.15) is 0 Å². The molecule has 0 aliphatic heterocycles. The SMILES string of the molecule is Cc1ccc(CNC(=O)C(C)N(C)CCC(C)O)cc1. The number of aliphatic hydroxyl groups is 1. The summed E-state index contributed by atoms with van der Waals surface area (Å²) in [7, 11) is 1.90. The van der Waals surface area contributed by atoms with Crippen molar-refractivity contribution in [2.75, 3.05) is 13.6 Å². The van der Waals surface area contributed by atoms with E-state index in [-0.39, 0.29) is 18.1 Å². The fraction of sp³-hybridized carbons (Fsp3) is 0.562. The Bertz CT molecular complexity index is 415. The van der Waals surface area contributed by atoms with Crippen molar-refractivity contribution >= 4 is 5.91 Å². The lowest BCUT2D eigenvalue weighted by molar-refractivity contribution is -0.125. The van der Waals surface area contributed by atoms with Crippen LogP contribution in [0.2, 0.25) is 0 Å². The smallest absolute Gasteiger partial charge is 0.237 e. The van der Waals surface area contributed by atoms with Crippen molar-refractivity contribution in [2.24, 2.45) is 0 Å². The van der Waals surface area contributed by atoms with E-state index in [9.17, 15) is 9.90 Å². The molecule has 0 spiro atoms. The Morgan fingerprint density at radius 2 is 1.90 bits per heavy atom. The van der Waals surface area contributed by atoms with Crippen molar-refractivity contribution in [3.8, 4) is 0 Å². The van der Waals surface area contributed by atoms with E-state index >= 15 is 0 Å². The van der Waals surface area contributed by atoms with E-state index < -0.39 is 0 Å². The van der Waals surface area contributed by atoms with E-state index in [0.29, 0.717) is 19.5 Å². The maximum absolute atomic E-state index is 12.1. The van der Waals surface area contributed by atoms with E-state index in [1.54, 1.807) is 6.92 Å². The van der Waals surface area contributed by atoms with Crippen LogP contribution in [0.3, 0.4) is 0 Å². The molecule has 4 nitrogen and oxygen atoms in total. The van der Waals surface area contributed by atoms with Gasteiger partial charge >= 0.3 is 0 Å². The number of nitrogens with one attached hydrogen (secondary N) is 1. The van der Waals surface area contributed by atoms with Crippen molar-refractivity contribution in [2.45, 2.75) is 45.9 Å². The number of nitrogens with zero attached hydrogens (tertiary/aromatic N) is 1. The van der Waals surface area contributed by atoms with Gasteiger partial charge in [-0.15, -0.1) is 0 Å². The molecule has 0 radical (unpaired) electrons. The molecule has 0 heterocycles. The Balaban J connectivity index is 2.39. The van der Waals surface area contributed by atoms with Gasteiger partial charge in [-0.25, -0.2) is 0 Å². The summed E-state index contributed by atoms with van der Waals surface area (Å²) in [6.45, 7) is 6.94. The normalized spacial score (nSPS) is 14.1. The molecule has 0 fully saturated rings. The molecule has 0 bridgehead atoms. The first kappa shape index (κ1) is 16.7. The highest BCUT2D eigenvalue weighted by Gasteiger charge is 2.17. The van der Waals surface area contributed by atoms with Crippen molar-refractivity contribution in [3.63, 3.8) is 0 Å². The zero-order chi connectivity index (χ0) is 15.1. The van der Waals surface area contributed by atoms with E-state index in [2.05, 4.69) is 5.32 Å². The Hall–Kier alpha value is -1.39. The lowest BCUT2D eigenvalue weighted by atomic mass is 10.1. The van der Waals surface area contributed by atoms with E-state index in [4.69, 9.17) is 0 Å². The number of amides is 1. The van der Waals surface area contributed by atoms with Crippen LogP contribution in [-0.2, 0) is 11.3 Å². The lowest BCUT2D eigenvalue weighted by Crippen LogP contribution is -2.43. The second-order valence-corrected chi connectivity index (χ2v) is 5.50. The fourth-order valence-electron chi connectivity index (χ4n) is 1.83. The summed E-state index contributed by atoms with van der Waals surface area (Å²) in [6, 6.07) is 7.94. The molecule has 1 aromatic rings. The average molecular weight is 278 g/mol. The number of aryl methyl sites for hydroxylation is 1. The van der Waals surface area contributed by atoms with Crippen LogP contribution in [0.15, 0.2) is 24.3 Å². The first-order valence-corrected chi connectivity index (χ1v) is 7.11. The van der Waals surface area contributed by atoms with Crippen LogP contribution in [-0.4, -0.2) is 41.7 Å². The molecular formula is C16H26N2O2. The van der Waals surface area contributed by atoms with Crippen LogP contribution < -0.4 is 5.32 Å². The first-order valence-electron chi connectivity index (χ1n) is 7.11. The van der Waals surface area contributed by atoms with Gasteiger partial charge in [-0.05, 0) is 39.8 Å².